The molecule has 1 aliphatic rings. The maximum absolute atomic E-state index is 12.2. The van der Waals surface area contributed by atoms with E-state index in [1.54, 1.807) is 0 Å². The summed E-state index contributed by atoms with van der Waals surface area (Å²) in [4.78, 5) is 0. The van der Waals surface area contributed by atoms with Crippen LogP contribution in [0.25, 0.3) is 0 Å². The average Bonchev–Trinajstić information content (AvgIpc) is 2.47. The van der Waals surface area contributed by atoms with Crippen LogP contribution in [0.4, 0.5) is 24.5 Å². The van der Waals surface area contributed by atoms with Gasteiger partial charge < -0.3 is 10.9 Å². The van der Waals surface area contributed by atoms with E-state index in [-0.39, 0.29) is 0 Å². The van der Waals surface area contributed by atoms with E-state index in [2.05, 4.69) is 16.4 Å². The molecule has 0 spiro atoms. The zero-order valence-electron chi connectivity index (χ0n) is 6.37. The molecule has 1 aliphatic heterocycles. The van der Waals surface area contributed by atoms with Gasteiger partial charge in [0.15, 0.2) is 0 Å². The Kier molecular flexibility index (Phi) is 1.59. The van der Waals surface area contributed by atoms with Gasteiger partial charge >= 0.3 is 6.18 Å². The number of alkyl halides is 3. The molecule has 3 N–H and O–H groups in total. The van der Waals surface area contributed by atoms with Gasteiger partial charge in [-0.05, 0) is 18.2 Å². The summed E-state index contributed by atoms with van der Waals surface area (Å²) in [5, 5.41) is 0. The number of halogens is 3. The van der Waals surface area contributed by atoms with E-state index in [1.165, 1.54) is 6.07 Å². The first-order chi connectivity index (χ1) is 6.07. The minimum absolute atomic E-state index is 0.398. The molecule has 13 heavy (non-hydrogen) atoms. The number of nitrogens with one attached hydrogen (secondary N) is 3. The molecule has 0 aliphatic carbocycles. The number of hydrogen-bond donors (Lipinski definition) is 3. The van der Waals surface area contributed by atoms with Crippen LogP contribution in [0.1, 0.15) is 5.56 Å². The lowest BCUT2D eigenvalue weighted by Crippen LogP contribution is -2.19. The van der Waals surface area contributed by atoms with E-state index < -0.39 is 11.7 Å². The van der Waals surface area contributed by atoms with Crippen LogP contribution in [-0.2, 0) is 6.18 Å². The minimum atomic E-state index is -4.29. The smallest absolute Gasteiger partial charge is 0.302 e. The summed E-state index contributed by atoms with van der Waals surface area (Å²) in [6.45, 7) is 0. The summed E-state index contributed by atoms with van der Waals surface area (Å²) in [5.41, 5.74) is 8.04. The van der Waals surface area contributed by atoms with Crippen molar-refractivity contribution in [3.05, 3.63) is 23.8 Å². The fourth-order valence-electron chi connectivity index (χ4n) is 1.10. The molecule has 70 valence electrons. The van der Waals surface area contributed by atoms with Crippen molar-refractivity contribution in [3.8, 4) is 0 Å². The molecule has 0 saturated carbocycles. The molecule has 6 heteroatoms. The van der Waals surface area contributed by atoms with Crippen LogP contribution >= 0.6 is 0 Å². The number of anilines is 2. The SMILES string of the molecule is FC(F)(F)c1ccc2c(c1)NNN2. The van der Waals surface area contributed by atoms with Crippen molar-refractivity contribution in [3.63, 3.8) is 0 Å². The zero-order chi connectivity index (χ0) is 9.47. The summed E-state index contributed by atoms with van der Waals surface area (Å²) in [7, 11) is 0. The fourth-order valence-corrected chi connectivity index (χ4v) is 1.10. The van der Waals surface area contributed by atoms with Crippen molar-refractivity contribution in [1.82, 2.24) is 5.53 Å². The maximum Gasteiger partial charge on any atom is 0.416 e. The Labute approximate surface area is 71.9 Å². The van der Waals surface area contributed by atoms with Crippen molar-refractivity contribution in [2.45, 2.75) is 6.18 Å². The molecular weight excluding hydrogens is 183 g/mol. The lowest BCUT2D eigenvalue weighted by atomic mass is 10.2. The summed E-state index contributed by atoms with van der Waals surface area (Å²) in [6, 6.07) is 3.44. The van der Waals surface area contributed by atoms with Crippen molar-refractivity contribution in [2.75, 3.05) is 10.9 Å². The van der Waals surface area contributed by atoms with Crippen molar-refractivity contribution in [2.24, 2.45) is 0 Å². The third-order valence-corrected chi connectivity index (χ3v) is 1.74. The van der Waals surface area contributed by atoms with Gasteiger partial charge in [-0.1, -0.05) is 0 Å². The Bertz CT molecular complexity index is 334. The highest BCUT2D eigenvalue weighted by molar-refractivity contribution is 5.72. The van der Waals surface area contributed by atoms with Gasteiger partial charge in [0.2, 0.25) is 0 Å². The number of benzene rings is 1. The second-order valence-electron chi connectivity index (χ2n) is 2.63. The molecular formula is C7H6F3N3. The quantitative estimate of drug-likeness (QED) is 0.583. The molecule has 0 aromatic heterocycles. The Hall–Kier alpha value is -1.43. The molecule has 0 bridgehead atoms. The highest BCUT2D eigenvalue weighted by atomic mass is 19.4. The molecule has 2 rings (SSSR count). The predicted molar refractivity (Wildman–Crippen MR) is 41.8 cm³/mol. The van der Waals surface area contributed by atoms with E-state index in [1.807, 2.05) is 0 Å². The molecule has 0 radical (unpaired) electrons. The molecule has 0 amide bonds. The van der Waals surface area contributed by atoms with Gasteiger partial charge in [0.25, 0.3) is 0 Å². The first kappa shape index (κ1) is 8.18. The monoisotopic (exact) mass is 189 g/mol. The predicted octanol–water partition coefficient (Wildman–Crippen LogP) is 1.96. The van der Waals surface area contributed by atoms with Crippen LogP contribution in [-0.4, -0.2) is 0 Å². The van der Waals surface area contributed by atoms with Crippen LogP contribution in [0.3, 0.4) is 0 Å². The van der Waals surface area contributed by atoms with Crippen LogP contribution in [0.15, 0.2) is 18.2 Å². The summed E-state index contributed by atoms with van der Waals surface area (Å²) >= 11 is 0. The lowest BCUT2D eigenvalue weighted by Gasteiger charge is -2.07. The third-order valence-electron chi connectivity index (χ3n) is 1.74. The summed E-state index contributed by atoms with van der Waals surface area (Å²) in [6.07, 6.45) is -4.29. The van der Waals surface area contributed by atoms with E-state index in [9.17, 15) is 13.2 Å². The molecule has 0 atom stereocenters. The van der Waals surface area contributed by atoms with Gasteiger partial charge in [-0.25, -0.2) is 0 Å². The Morgan fingerprint density at radius 1 is 1.00 bits per heavy atom. The highest BCUT2D eigenvalue weighted by Crippen LogP contribution is 2.34. The molecule has 1 heterocycles. The first-order valence-electron chi connectivity index (χ1n) is 3.55. The van der Waals surface area contributed by atoms with Gasteiger partial charge in [-0.2, -0.15) is 13.2 Å². The Balaban J connectivity index is 2.42. The average molecular weight is 189 g/mol. The molecule has 0 saturated heterocycles. The molecule has 1 aromatic rings. The number of rotatable bonds is 0. The van der Waals surface area contributed by atoms with Gasteiger partial charge in [-0.15, -0.1) is 5.53 Å². The van der Waals surface area contributed by atoms with Crippen LogP contribution < -0.4 is 16.4 Å². The van der Waals surface area contributed by atoms with Crippen LogP contribution in [0.5, 0.6) is 0 Å². The number of hydrazine groups is 2. The Morgan fingerprint density at radius 3 is 2.38 bits per heavy atom. The normalized spacial score (nSPS) is 14.7. The van der Waals surface area contributed by atoms with Crippen LogP contribution in [0.2, 0.25) is 0 Å². The molecule has 0 unspecified atom stereocenters. The summed E-state index contributed by atoms with van der Waals surface area (Å²) in [5.74, 6) is 0. The standard InChI is InChI=1S/C7H6F3N3/c8-7(9,10)4-1-2-5-6(3-4)12-13-11-5/h1-3,11-13H. The maximum atomic E-state index is 12.2. The molecule has 1 aromatic carbocycles. The van der Waals surface area contributed by atoms with E-state index in [4.69, 9.17) is 0 Å². The van der Waals surface area contributed by atoms with E-state index in [0.29, 0.717) is 11.4 Å². The Morgan fingerprint density at radius 2 is 1.69 bits per heavy atom. The van der Waals surface area contributed by atoms with Crippen LogP contribution in [0, 0.1) is 0 Å². The van der Waals surface area contributed by atoms with Gasteiger partial charge in [-0.3, -0.25) is 0 Å². The molecule has 3 nitrogen and oxygen atoms in total. The van der Waals surface area contributed by atoms with E-state index in [0.717, 1.165) is 12.1 Å². The topological polar surface area (TPSA) is 36.1 Å². The second kappa shape index (κ2) is 2.53. The largest absolute Gasteiger partial charge is 0.416 e. The minimum Gasteiger partial charge on any atom is -0.302 e. The molecule has 0 fully saturated rings. The highest BCUT2D eigenvalue weighted by Gasteiger charge is 2.31. The number of hydrogen-bond acceptors (Lipinski definition) is 3. The van der Waals surface area contributed by atoms with Gasteiger partial charge in [0.05, 0.1) is 16.9 Å². The van der Waals surface area contributed by atoms with E-state index >= 15 is 0 Å². The fraction of sp³-hybridized carbons (Fsp3) is 0.143. The third kappa shape index (κ3) is 1.40. The van der Waals surface area contributed by atoms with Crippen molar-refractivity contribution < 1.29 is 13.2 Å². The lowest BCUT2D eigenvalue weighted by molar-refractivity contribution is -0.137. The van der Waals surface area contributed by atoms with Crippen molar-refractivity contribution >= 4 is 11.4 Å². The first-order valence-corrected chi connectivity index (χ1v) is 3.55. The zero-order valence-corrected chi connectivity index (χ0v) is 6.37. The second-order valence-corrected chi connectivity index (χ2v) is 2.63. The van der Waals surface area contributed by atoms with Crippen molar-refractivity contribution in [1.29, 1.82) is 0 Å². The van der Waals surface area contributed by atoms with Gasteiger partial charge in [0, 0.05) is 0 Å². The number of fused-ring (bicyclic) bond motifs is 1. The van der Waals surface area contributed by atoms with Gasteiger partial charge in [0.1, 0.15) is 0 Å². The summed E-state index contributed by atoms with van der Waals surface area (Å²) < 4.78 is 36.6.